The van der Waals surface area contributed by atoms with Crippen LogP contribution in [0.5, 0.6) is 0 Å². The maximum Gasteiger partial charge on any atom is 0.419 e. The topological polar surface area (TPSA) is 26.3 Å². The van der Waals surface area contributed by atoms with E-state index in [2.05, 4.69) is 4.74 Å². The SMILES string of the molecule is CC1(c2ccc(C(F)(F)F)c(F)c2)CC1.CCOC=O. The maximum atomic E-state index is 13.2. The van der Waals surface area contributed by atoms with E-state index in [1.54, 1.807) is 6.92 Å². The average Bonchev–Trinajstić information content (AvgIpc) is 3.09. The molecule has 112 valence electrons. The van der Waals surface area contributed by atoms with Crippen LogP contribution in [-0.2, 0) is 21.1 Å². The summed E-state index contributed by atoms with van der Waals surface area (Å²) in [5.74, 6) is -1.17. The van der Waals surface area contributed by atoms with Gasteiger partial charge in [0.25, 0.3) is 6.47 Å². The van der Waals surface area contributed by atoms with E-state index in [1.807, 2.05) is 6.92 Å². The molecule has 0 spiro atoms. The van der Waals surface area contributed by atoms with E-state index in [4.69, 9.17) is 0 Å². The van der Waals surface area contributed by atoms with Crippen LogP contribution in [0.15, 0.2) is 18.2 Å². The largest absolute Gasteiger partial charge is 0.468 e. The Morgan fingerprint density at radius 1 is 1.35 bits per heavy atom. The van der Waals surface area contributed by atoms with Crippen molar-refractivity contribution in [3.05, 3.63) is 35.1 Å². The van der Waals surface area contributed by atoms with Crippen molar-refractivity contribution < 1.29 is 27.1 Å². The molecule has 0 aromatic heterocycles. The number of ether oxygens (including phenoxy) is 1. The number of rotatable bonds is 3. The molecule has 0 radical (unpaired) electrons. The van der Waals surface area contributed by atoms with Crippen molar-refractivity contribution >= 4 is 6.47 Å². The lowest BCUT2D eigenvalue weighted by Gasteiger charge is -2.12. The van der Waals surface area contributed by atoms with Gasteiger partial charge in [-0.1, -0.05) is 13.0 Å². The molecule has 0 amide bonds. The number of hydrogen-bond acceptors (Lipinski definition) is 2. The number of carbonyl (C=O) groups is 1. The highest BCUT2D eigenvalue weighted by molar-refractivity contribution is 5.36. The molecule has 1 saturated carbocycles. The highest BCUT2D eigenvalue weighted by Gasteiger charge is 2.41. The van der Waals surface area contributed by atoms with Gasteiger partial charge in [0.1, 0.15) is 5.82 Å². The highest BCUT2D eigenvalue weighted by atomic mass is 19.4. The van der Waals surface area contributed by atoms with Gasteiger partial charge in [-0.15, -0.1) is 0 Å². The van der Waals surface area contributed by atoms with Gasteiger partial charge in [0.15, 0.2) is 0 Å². The second-order valence-electron chi connectivity index (χ2n) is 4.80. The molecular weight excluding hydrogens is 276 g/mol. The molecule has 1 fully saturated rings. The van der Waals surface area contributed by atoms with E-state index in [1.165, 1.54) is 6.07 Å². The molecule has 1 aliphatic rings. The third-order valence-electron chi connectivity index (χ3n) is 3.21. The minimum Gasteiger partial charge on any atom is -0.468 e. The van der Waals surface area contributed by atoms with Gasteiger partial charge in [0.2, 0.25) is 0 Å². The molecule has 1 aliphatic carbocycles. The summed E-state index contributed by atoms with van der Waals surface area (Å²) in [7, 11) is 0. The maximum absolute atomic E-state index is 13.2. The zero-order valence-corrected chi connectivity index (χ0v) is 11.3. The zero-order chi connectivity index (χ0) is 15.4. The van der Waals surface area contributed by atoms with Crippen molar-refractivity contribution in [3.8, 4) is 0 Å². The van der Waals surface area contributed by atoms with Crippen LogP contribution in [0, 0.1) is 5.82 Å². The van der Waals surface area contributed by atoms with E-state index in [9.17, 15) is 22.4 Å². The Labute approximate surface area is 114 Å². The lowest BCUT2D eigenvalue weighted by molar-refractivity contribution is -0.140. The van der Waals surface area contributed by atoms with Crippen LogP contribution in [0.4, 0.5) is 17.6 Å². The van der Waals surface area contributed by atoms with Gasteiger partial charge >= 0.3 is 6.18 Å². The Morgan fingerprint density at radius 3 is 2.25 bits per heavy atom. The van der Waals surface area contributed by atoms with Crippen molar-refractivity contribution in [3.63, 3.8) is 0 Å². The zero-order valence-electron chi connectivity index (χ0n) is 11.3. The summed E-state index contributed by atoms with van der Waals surface area (Å²) in [6, 6.07) is 3.21. The minimum atomic E-state index is -4.60. The van der Waals surface area contributed by atoms with E-state index in [0.717, 1.165) is 25.0 Å². The summed E-state index contributed by atoms with van der Waals surface area (Å²) in [5, 5.41) is 0. The van der Waals surface area contributed by atoms with E-state index < -0.39 is 17.6 Å². The highest BCUT2D eigenvalue weighted by Crippen LogP contribution is 2.48. The number of halogens is 4. The van der Waals surface area contributed by atoms with Crippen molar-refractivity contribution in [1.82, 2.24) is 0 Å². The Bertz CT molecular complexity index is 465. The molecule has 0 aliphatic heterocycles. The Hall–Kier alpha value is -1.59. The molecule has 1 aromatic carbocycles. The number of alkyl halides is 3. The molecule has 0 unspecified atom stereocenters. The van der Waals surface area contributed by atoms with E-state index >= 15 is 0 Å². The van der Waals surface area contributed by atoms with Crippen LogP contribution in [0.1, 0.15) is 37.8 Å². The monoisotopic (exact) mass is 292 g/mol. The second-order valence-corrected chi connectivity index (χ2v) is 4.80. The Balaban J connectivity index is 0.000000347. The van der Waals surface area contributed by atoms with Gasteiger partial charge < -0.3 is 4.74 Å². The summed E-state index contributed by atoms with van der Waals surface area (Å²) < 4.78 is 54.1. The molecule has 0 saturated heterocycles. The predicted octanol–water partition coefficient (Wildman–Crippen LogP) is 4.08. The van der Waals surface area contributed by atoms with E-state index in [-0.39, 0.29) is 5.41 Å². The molecule has 2 nitrogen and oxygen atoms in total. The number of carbonyl (C=O) groups excluding carboxylic acids is 1. The summed E-state index contributed by atoms with van der Waals surface area (Å²) in [4.78, 5) is 9.18. The lowest BCUT2D eigenvalue weighted by Crippen LogP contribution is -2.10. The van der Waals surface area contributed by atoms with Gasteiger partial charge in [-0.25, -0.2) is 4.39 Å². The smallest absolute Gasteiger partial charge is 0.419 e. The van der Waals surface area contributed by atoms with Crippen LogP contribution in [-0.4, -0.2) is 13.1 Å². The second kappa shape index (κ2) is 6.24. The predicted molar refractivity (Wildman–Crippen MR) is 65.7 cm³/mol. The van der Waals surface area contributed by atoms with E-state index in [0.29, 0.717) is 18.6 Å². The molecular formula is C14H16F4O2. The minimum absolute atomic E-state index is 0.106. The Kier molecular flexibility index (Phi) is 5.14. The first-order valence-electron chi connectivity index (χ1n) is 6.17. The van der Waals surface area contributed by atoms with Crippen LogP contribution >= 0.6 is 0 Å². The number of benzene rings is 1. The number of hydrogen-bond donors (Lipinski definition) is 0. The van der Waals surface area contributed by atoms with Crippen molar-refractivity contribution in [2.24, 2.45) is 0 Å². The third kappa shape index (κ3) is 4.21. The first-order chi connectivity index (χ1) is 9.24. The summed E-state index contributed by atoms with van der Waals surface area (Å²) >= 11 is 0. The van der Waals surface area contributed by atoms with Crippen molar-refractivity contribution in [1.29, 1.82) is 0 Å². The van der Waals surface area contributed by atoms with Crippen molar-refractivity contribution in [2.45, 2.75) is 38.3 Å². The lowest BCUT2D eigenvalue weighted by atomic mass is 9.97. The molecule has 0 heterocycles. The summed E-state index contributed by atoms with van der Waals surface area (Å²) in [5.41, 5.74) is -0.631. The fraction of sp³-hybridized carbons (Fsp3) is 0.500. The molecule has 1 aromatic rings. The molecule has 6 heteroatoms. The quantitative estimate of drug-likeness (QED) is 0.620. The van der Waals surface area contributed by atoms with Crippen molar-refractivity contribution in [2.75, 3.05) is 6.61 Å². The average molecular weight is 292 g/mol. The summed E-state index contributed by atoms with van der Waals surface area (Å²) in [6.45, 7) is 4.59. The molecule has 0 bridgehead atoms. The molecule has 0 atom stereocenters. The van der Waals surface area contributed by atoms with Gasteiger partial charge in [0, 0.05) is 0 Å². The van der Waals surface area contributed by atoms with Gasteiger partial charge in [-0.05, 0) is 42.9 Å². The fourth-order valence-electron chi connectivity index (χ4n) is 1.66. The first-order valence-corrected chi connectivity index (χ1v) is 6.17. The third-order valence-corrected chi connectivity index (χ3v) is 3.21. The molecule has 0 N–H and O–H groups in total. The summed E-state index contributed by atoms with van der Waals surface area (Å²) in [6.07, 6.45) is -2.78. The molecule has 20 heavy (non-hydrogen) atoms. The standard InChI is InChI=1S/C11H10F4.C3H6O2/c1-10(4-5-10)7-2-3-8(9(12)6-7)11(13,14)15;1-2-5-3-4/h2-3,6H,4-5H2,1H3;3H,2H2,1H3. The fourth-order valence-corrected chi connectivity index (χ4v) is 1.66. The van der Waals surface area contributed by atoms with Crippen LogP contribution in [0.3, 0.4) is 0 Å². The first kappa shape index (κ1) is 16.5. The van der Waals surface area contributed by atoms with Gasteiger partial charge in [0.05, 0.1) is 12.2 Å². The van der Waals surface area contributed by atoms with Crippen LogP contribution < -0.4 is 0 Å². The normalized spacial score (nSPS) is 15.9. The van der Waals surface area contributed by atoms with Crippen LogP contribution in [0.25, 0.3) is 0 Å². The molecule has 2 rings (SSSR count). The van der Waals surface area contributed by atoms with Crippen LogP contribution in [0.2, 0.25) is 0 Å². The van der Waals surface area contributed by atoms with Gasteiger partial charge in [-0.2, -0.15) is 13.2 Å². The Morgan fingerprint density at radius 2 is 1.95 bits per heavy atom. The van der Waals surface area contributed by atoms with Gasteiger partial charge in [-0.3, -0.25) is 4.79 Å².